The first-order chi connectivity index (χ1) is 5.70. The fraction of sp³-hybridized carbons (Fsp3) is 0.818. The van der Waals surface area contributed by atoms with E-state index in [1.54, 1.807) is 0 Å². The monoisotopic (exact) mass is 170 g/mol. The molecule has 0 aliphatic carbocycles. The largest absolute Gasteiger partial charge is 0.396 e. The molecule has 0 bridgehead atoms. The van der Waals surface area contributed by atoms with Gasteiger partial charge in [-0.3, -0.25) is 0 Å². The van der Waals surface area contributed by atoms with Gasteiger partial charge in [0.25, 0.3) is 0 Å². The number of aliphatic hydroxyl groups is 1. The van der Waals surface area contributed by atoms with Crippen LogP contribution in [0.1, 0.15) is 46.5 Å². The third-order valence-corrected chi connectivity index (χ3v) is 2.08. The lowest BCUT2D eigenvalue weighted by Crippen LogP contribution is -1.95. The summed E-state index contributed by atoms with van der Waals surface area (Å²) in [6.45, 7) is 6.86. The molecule has 0 spiro atoms. The number of hydrogen-bond donors (Lipinski definition) is 1. The molecule has 1 N–H and O–H groups in total. The fourth-order valence-corrected chi connectivity index (χ4v) is 1.31. The van der Waals surface area contributed by atoms with Gasteiger partial charge in [0.2, 0.25) is 0 Å². The molecule has 1 heteroatoms. The van der Waals surface area contributed by atoms with E-state index in [9.17, 15) is 0 Å². The zero-order valence-electron chi connectivity index (χ0n) is 8.64. The molecule has 0 aromatic carbocycles. The van der Waals surface area contributed by atoms with Gasteiger partial charge in [-0.15, -0.1) is 0 Å². The molecule has 0 aliphatic heterocycles. The molecule has 0 rings (SSSR count). The molecule has 0 saturated carbocycles. The van der Waals surface area contributed by atoms with Gasteiger partial charge in [0.15, 0.2) is 0 Å². The summed E-state index contributed by atoms with van der Waals surface area (Å²) in [6.07, 6.45) is 6.94. The van der Waals surface area contributed by atoms with Gasteiger partial charge < -0.3 is 5.11 Å². The molecule has 72 valence electrons. The van der Waals surface area contributed by atoms with Crippen molar-refractivity contribution in [3.05, 3.63) is 11.6 Å². The molecule has 0 unspecified atom stereocenters. The lowest BCUT2D eigenvalue weighted by molar-refractivity contribution is 0.274. The predicted molar refractivity (Wildman–Crippen MR) is 54.1 cm³/mol. The lowest BCUT2D eigenvalue weighted by atomic mass is 10.0. The van der Waals surface area contributed by atoms with Crippen molar-refractivity contribution in [1.29, 1.82) is 0 Å². The van der Waals surface area contributed by atoms with Crippen LogP contribution in [-0.4, -0.2) is 11.7 Å². The smallest absolute Gasteiger partial charge is 0.0436 e. The standard InChI is InChI=1S/C11H22O/c1-4-5-6-10(2)9-11(3)7-8-12/h9,11-12H,4-8H2,1-3H3/b10-9+/t11-/m0/s1. The molecule has 0 saturated heterocycles. The van der Waals surface area contributed by atoms with E-state index < -0.39 is 0 Å². The minimum atomic E-state index is 0.304. The van der Waals surface area contributed by atoms with Crippen molar-refractivity contribution < 1.29 is 5.11 Å². The van der Waals surface area contributed by atoms with Crippen molar-refractivity contribution in [3.63, 3.8) is 0 Å². The first-order valence-corrected chi connectivity index (χ1v) is 4.98. The maximum atomic E-state index is 8.70. The van der Waals surface area contributed by atoms with Crippen molar-refractivity contribution in [1.82, 2.24) is 0 Å². The SMILES string of the molecule is CCCC/C(C)=C/[C@@H](C)CCO. The molecule has 0 fully saturated rings. The number of aliphatic hydroxyl groups excluding tert-OH is 1. The van der Waals surface area contributed by atoms with Gasteiger partial charge in [0, 0.05) is 6.61 Å². The Bertz CT molecular complexity index is 127. The minimum Gasteiger partial charge on any atom is -0.396 e. The highest BCUT2D eigenvalue weighted by molar-refractivity contribution is 4.99. The van der Waals surface area contributed by atoms with E-state index in [1.165, 1.54) is 24.8 Å². The summed E-state index contributed by atoms with van der Waals surface area (Å²) in [6, 6.07) is 0. The van der Waals surface area contributed by atoms with Crippen LogP contribution < -0.4 is 0 Å². The summed E-state index contributed by atoms with van der Waals surface area (Å²) in [7, 11) is 0. The summed E-state index contributed by atoms with van der Waals surface area (Å²) >= 11 is 0. The van der Waals surface area contributed by atoms with Crippen molar-refractivity contribution in [3.8, 4) is 0 Å². The van der Waals surface area contributed by atoms with Crippen LogP contribution in [0.15, 0.2) is 11.6 Å². The van der Waals surface area contributed by atoms with Crippen molar-refractivity contribution in [2.75, 3.05) is 6.61 Å². The van der Waals surface area contributed by atoms with E-state index >= 15 is 0 Å². The summed E-state index contributed by atoms with van der Waals surface area (Å²) in [5.74, 6) is 0.534. The highest BCUT2D eigenvalue weighted by Gasteiger charge is 1.97. The normalized spacial score (nSPS) is 14.8. The predicted octanol–water partition coefficient (Wildman–Crippen LogP) is 3.14. The van der Waals surface area contributed by atoms with Crippen LogP contribution in [0, 0.1) is 5.92 Å². The Hall–Kier alpha value is -0.300. The van der Waals surface area contributed by atoms with Crippen LogP contribution in [0.5, 0.6) is 0 Å². The van der Waals surface area contributed by atoms with Crippen LogP contribution in [0.25, 0.3) is 0 Å². The van der Waals surface area contributed by atoms with Gasteiger partial charge in [-0.2, -0.15) is 0 Å². The molecular weight excluding hydrogens is 148 g/mol. The Morgan fingerprint density at radius 1 is 1.50 bits per heavy atom. The van der Waals surface area contributed by atoms with E-state index in [4.69, 9.17) is 5.11 Å². The van der Waals surface area contributed by atoms with Gasteiger partial charge in [-0.25, -0.2) is 0 Å². The molecular formula is C11H22O. The average molecular weight is 170 g/mol. The molecule has 0 aromatic heterocycles. The Balaban J connectivity index is 3.64. The summed E-state index contributed by atoms with van der Waals surface area (Å²) in [5.41, 5.74) is 1.47. The van der Waals surface area contributed by atoms with Gasteiger partial charge in [0.05, 0.1) is 0 Å². The Labute approximate surface area is 76.5 Å². The van der Waals surface area contributed by atoms with Crippen molar-refractivity contribution >= 4 is 0 Å². The second-order valence-electron chi connectivity index (χ2n) is 3.61. The molecule has 0 radical (unpaired) electrons. The molecule has 12 heavy (non-hydrogen) atoms. The third-order valence-electron chi connectivity index (χ3n) is 2.08. The topological polar surface area (TPSA) is 20.2 Å². The highest BCUT2D eigenvalue weighted by Crippen LogP contribution is 2.11. The molecule has 0 aliphatic rings. The maximum Gasteiger partial charge on any atom is 0.0436 e. The van der Waals surface area contributed by atoms with Crippen LogP contribution in [-0.2, 0) is 0 Å². The highest BCUT2D eigenvalue weighted by atomic mass is 16.2. The van der Waals surface area contributed by atoms with Crippen molar-refractivity contribution in [2.24, 2.45) is 5.92 Å². The Kier molecular flexibility index (Phi) is 7.17. The van der Waals surface area contributed by atoms with Crippen LogP contribution in [0.4, 0.5) is 0 Å². The first-order valence-electron chi connectivity index (χ1n) is 4.98. The van der Waals surface area contributed by atoms with E-state index in [1.807, 2.05) is 0 Å². The second kappa shape index (κ2) is 7.35. The lowest BCUT2D eigenvalue weighted by Gasteiger charge is -2.05. The second-order valence-corrected chi connectivity index (χ2v) is 3.61. The van der Waals surface area contributed by atoms with Gasteiger partial charge in [0.1, 0.15) is 0 Å². The zero-order valence-corrected chi connectivity index (χ0v) is 8.64. The van der Waals surface area contributed by atoms with Gasteiger partial charge in [-0.1, -0.05) is 31.9 Å². The molecule has 1 nitrogen and oxygen atoms in total. The third kappa shape index (κ3) is 6.41. The number of rotatable bonds is 6. The molecule has 1 atom stereocenters. The summed E-state index contributed by atoms with van der Waals surface area (Å²) in [4.78, 5) is 0. The summed E-state index contributed by atoms with van der Waals surface area (Å²) in [5, 5.41) is 8.70. The van der Waals surface area contributed by atoms with Crippen LogP contribution in [0.2, 0.25) is 0 Å². The quantitative estimate of drug-likeness (QED) is 0.607. The van der Waals surface area contributed by atoms with E-state index in [-0.39, 0.29) is 0 Å². The molecule has 0 amide bonds. The van der Waals surface area contributed by atoms with Crippen LogP contribution >= 0.6 is 0 Å². The Morgan fingerprint density at radius 2 is 2.17 bits per heavy atom. The molecule has 0 heterocycles. The van der Waals surface area contributed by atoms with Crippen LogP contribution in [0.3, 0.4) is 0 Å². The minimum absolute atomic E-state index is 0.304. The van der Waals surface area contributed by atoms with Gasteiger partial charge in [-0.05, 0) is 32.1 Å². The van der Waals surface area contributed by atoms with Gasteiger partial charge >= 0.3 is 0 Å². The first kappa shape index (κ1) is 11.7. The zero-order chi connectivity index (χ0) is 9.40. The molecule has 0 aromatic rings. The Morgan fingerprint density at radius 3 is 2.67 bits per heavy atom. The summed E-state index contributed by atoms with van der Waals surface area (Å²) < 4.78 is 0. The van der Waals surface area contributed by atoms with Crippen molar-refractivity contribution in [2.45, 2.75) is 46.5 Å². The maximum absolute atomic E-state index is 8.70. The number of allylic oxidation sites excluding steroid dienone is 2. The van der Waals surface area contributed by atoms with E-state index in [0.29, 0.717) is 12.5 Å². The number of unbranched alkanes of at least 4 members (excludes halogenated alkanes) is 1. The fourth-order valence-electron chi connectivity index (χ4n) is 1.31. The average Bonchev–Trinajstić information content (AvgIpc) is 2.01. The van der Waals surface area contributed by atoms with E-state index in [0.717, 1.165) is 6.42 Å². The van der Waals surface area contributed by atoms with E-state index in [2.05, 4.69) is 26.8 Å². The number of hydrogen-bond acceptors (Lipinski definition) is 1.